The van der Waals surface area contributed by atoms with Crippen molar-refractivity contribution in [3.05, 3.63) is 12.7 Å². The van der Waals surface area contributed by atoms with Crippen LogP contribution in [0, 0.1) is 5.41 Å². The zero-order valence-corrected chi connectivity index (χ0v) is 5.20. The molecular weight excluding hydrogens is 124 g/mol. The Morgan fingerprint density at radius 2 is 2.50 bits per heavy atom. The van der Waals surface area contributed by atoms with Crippen molar-refractivity contribution >= 4 is 16.9 Å². The fourth-order valence-electron chi connectivity index (χ4n) is 0.183. The second kappa shape index (κ2) is 4.83. The van der Waals surface area contributed by atoms with E-state index in [0.717, 1.165) is 5.55 Å². The molecule has 0 fully saturated rings. The lowest BCUT2D eigenvalue weighted by Gasteiger charge is -1.99. The van der Waals surface area contributed by atoms with E-state index in [9.17, 15) is 4.55 Å². The van der Waals surface area contributed by atoms with Crippen LogP contribution in [0.1, 0.15) is 0 Å². The molecule has 0 aliphatic heterocycles. The van der Waals surface area contributed by atoms with Gasteiger partial charge in [0.25, 0.3) is 0 Å². The van der Waals surface area contributed by atoms with Crippen LogP contribution in [0.4, 0.5) is 0 Å². The van der Waals surface area contributed by atoms with Crippen molar-refractivity contribution in [1.82, 2.24) is 4.72 Å². The van der Waals surface area contributed by atoms with Gasteiger partial charge in [0, 0.05) is 0 Å². The number of nitrogens with one attached hydrogen (secondary N) is 2. The summed E-state index contributed by atoms with van der Waals surface area (Å²) in [7, 11) is 0. The van der Waals surface area contributed by atoms with E-state index in [4.69, 9.17) is 5.41 Å². The highest BCUT2D eigenvalue weighted by molar-refractivity contribution is 8.02. The fourth-order valence-corrected chi connectivity index (χ4v) is 0.548. The zero-order valence-electron chi connectivity index (χ0n) is 4.39. The number of hydrogen-bond acceptors (Lipinski definition) is 3. The van der Waals surface area contributed by atoms with Crippen molar-refractivity contribution in [3.8, 4) is 0 Å². The van der Waals surface area contributed by atoms with Crippen molar-refractivity contribution in [2.24, 2.45) is 0 Å². The summed E-state index contributed by atoms with van der Waals surface area (Å²) in [5, 5.41) is 6.47. The molecule has 0 aliphatic carbocycles. The summed E-state index contributed by atoms with van der Waals surface area (Å²) in [5.74, 6) is 0. The predicted octanol–water partition coefficient (Wildman–Crippen LogP) is 0.0328. The third-order valence-corrected chi connectivity index (χ3v) is 1.14. The molecule has 0 saturated heterocycles. The standard InChI is InChI=1S/C4H8N2OS/c1-2-3-6-8(7)4-5/h2,4-6H,1,3H2. The van der Waals surface area contributed by atoms with E-state index >= 15 is 0 Å². The lowest BCUT2D eigenvalue weighted by Crippen LogP contribution is -2.23. The van der Waals surface area contributed by atoms with E-state index in [1.54, 1.807) is 6.08 Å². The van der Waals surface area contributed by atoms with Gasteiger partial charge >= 0.3 is 0 Å². The van der Waals surface area contributed by atoms with Gasteiger partial charge in [-0.2, -0.15) is 0 Å². The zero-order chi connectivity index (χ0) is 6.41. The largest absolute Gasteiger partial charge is 0.592 e. The first kappa shape index (κ1) is 7.68. The molecule has 2 N–H and O–H groups in total. The minimum Gasteiger partial charge on any atom is -0.592 e. The van der Waals surface area contributed by atoms with Gasteiger partial charge in [-0.05, 0) is 0 Å². The molecule has 0 rings (SSSR count). The topological polar surface area (TPSA) is 58.9 Å². The smallest absolute Gasteiger partial charge is 0.221 e. The summed E-state index contributed by atoms with van der Waals surface area (Å²) in [6.07, 6.45) is 1.58. The van der Waals surface area contributed by atoms with Gasteiger partial charge in [-0.15, -0.1) is 11.3 Å². The molecule has 3 nitrogen and oxygen atoms in total. The van der Waals surface area contributed by atoms with Crippen molar-refractivity contribution in [1.29, 1.82) is 5.41 Å². The Hall–Kier alpha value is -0.320. The highest BCUT2D eigenvalue weighted by Crippen LogP contribution is 1.73. The van der Waals surface area contributed by atoms with Crippen molar-refractivity contribution in [3.63, 3.8) is 0 Å². The third kappa shape index (κ3) is 3.86. The minimum atomic E-state index is -1.31. The average molecular weight is 132 g/mol. The van der Waals surface area contributed by atoms with Crippen LogP contribution in [0.5, 0.6) is 0 Å². The first-order valence-corrected chi connectivity index (χ1v) is 3.28. The van der Waals surface area contributed by atoms with Gasteiger partial charge in [0.05, 0.1) is 17.9 Å². The van der Waals surface area contributed by atoms with E-state index in [1.807, 2.05) is 0 Å². The second-order valence-corrected chi connectivity index (χ2v) is 2.17. The first-order chi connectivity index (χ1) is 3.81. The Bertz CT molecular complexity index is 86.1. The van der Waals surface area contributed by atoms with Crippen molar-refractivity contribution in [2.45, 2.75) is 0 Å². The first-order valence-electron chi connectivity index (χ1n) is 2.07. The average Bonchev–Trinajstić information content (AvgIpc) is 1.83. The molecule has 0 aromatic heterocycles. The summed E-state index contributed by atoms with van der Waals surface area (Å²) in [4.78, 5) is 0. The fraction of sp³-hybridized carbons (Fsp3) is 0.250. The molecule has 0 aliphatic rings. The van der Waals surface area contributed by atoms with E-state index in [-0.39, 0.29) is 0 Å². The number of rotatable bonds is 4. The molecule has 0 amide bonds. The summed E-state index contributed by atoms with van der Waals surface area (Å²) >= 11 is -1.31. The Morgan fingerprint density at radius 3 is 2.88 bits per heavy atom. The maximum Gasteiger partial charge on any atom is 0.221 e. The Morgan fingerprint density at radius 1 is 1.88 bits per heavy atom. The second-order valence-electron chi connectivity index (χ2n) is 1.05. The lowest BCUT2D eigenvalue weighted by atomic mass is 10.7. The lowest BCUT2D eigenvalue weighted by molar-refractivity contribution is 0.597. The molecule has 0 radical (unpaired) electrons. The molecule has 4 heteroatoms. The quantitative estimate of drug-likeness (QED) is 0.245. The summed E-state index contributed by atoms with van der Waals surface area (Å²) in [5.41, 5.74) is 0.837. The van der Waals surface area contributed by atoms with Gasteiger partial charge in [0.15, 0.2) is 0 Å². The normalized spacial score (nSPS) is 12.6. The van der Waals surface area contributed by atoms with E-state index < -0.39 is 11.4 Å². The summed E-state index contributed by atoms with van der Waals surface area (Å²) < 4.78 is 12.8. The molecule has 0 heterocycles. The van der Waals surface area contributed by atoms with Gasteiger partial charge in [-0.3, -0.25) is 5.41 Å². The molecule has 0 spiro atoms. The van der Waals surface area contributed by atoms with E-state index in [2.05, 4.69) is 11.3 Å². The highest BCUT2D eigenvalue weighted by Gasteiger charge is 1.94. The van der Waals surface area contributed by atoms with Crippen molar-refractivity contribution in [2.75, 3.05) is 6.54 Å². The molecule has 8 heavy (non-hydrogen) atoms. The SMILES string of the molecule is C=CCN[S+]([O-])C=N. The molecule has 0 bridgehead atoms. The minimum absolute atomic E-state index is 0.474. The van der Waals surface area contributed by atoms with Crippen LogP contribution in [-0.2, 0) is 11.4 Å². The van der Waals surface area contributed by atoms with Gasteiger partial charge in [0.1, 0.15) is 0 Å². The van der Waals surface area contributed by atoms with Crippen LogP contribution in [0.25, 0.3) is 0 Å². The van der Waals surface area contributed by atoms with Crippen molar-refractivity contribution < 1.29 is 4.55 Å². The molecular formula is C4H8N2OS. The van der Waals surface area contributed by atoms with E-state index in [0.29, 0.717) is 6.54 Å². The molecule has 46 valence electrons. The number of hydrogen-bond donors (Lipinski definition) is 2. The Balaban J connectivity index is 3.09. The van der Waals surface area contributed by atoms with Crippen LogP contribution in [0.3, 0.4) is 0 Å². The van der Waals surface area contributed by atoms with Crippen LogP contribution in [0.2, 0.25) is 0 Å². The van der Waals surface area contributed by atoms with Gasteiger partial charge < -0.3 is 4.55 Å². The van der Waals surface area contributed by atoms with Crippen LogP contribution >= 0.6 is 0 Å². The van der Waals surface area contributed by atoms with E-state index in [1.165, 1.54) is 0 Å². The Kier molecular flexibility index (Phi) is 4.64. The highest BCUT2D eigenvalue weighted by atomic mass is 32.2. The molecule has 1 atom stereocenters. The third-order valence-electron chi connectivity index (χ3n) is 0.477. The van der Waals surface area contributed by atoms with Gasteiger partial charge in [-0.25, -0.2) is 0 Å². The summed E-state index contributed by atoms with van der Waals surface area (Å²) in [6, 6.07) is 0. The van der Waals surface area contributed by atoms with Crippen LogP contribution in [-0.4, -0.2) is 16.6 Å². The van der Waals surface area contributed by atoms with Crippen LogP contribution < -0.4 is 4.72 Å². The molecule has 0 aromatic carbocycles. The molecule has 0 aromatic rings. The predicted molar refractivity (Wildman–Crippen MR) is 35.1 cm³/mol. The monoisotopic (exact) mass is 132 g/mol. The van der Waals surface area contributed by atoms with Gasteiger partial charge in [0.2, 0.25) is 5.55 Å². The molecule has 0 saturated carbocycles. The van der Waals surface area contributed by atoms with Gasteiger partial charge in [-0.1, -0.05) is 6.08 Å². The maximum absolute atomic E-state index is 10.3. The van der Waals surface area contributed by atoms with Crippen LogP contribution in [0.15, 0.2) is 12.7 Å². The Labute approximate surface area is 51.6 Å². The summed E-state index contributed by atoms with van der Waals surface area (Å²) in [6.45, 7) is 3.87. The maximum atomic E-state index is 10.3. The molecule has 1 unspecified atom stereocenters.